The van der Waals surface area contributed by atoms with E-state index in [1.165, 1.54) is 7.11 Å². The highest BCUT2D eigenvalue weighted by atomic mass is 79.9. The minimum Gasteiger partial charge on any atom is -0.466 e. The molecule has 136 valence electrons. The Balaban J connectivity index is 2.19. The fourth-order valence-corrected chi connectivity index (χ4v) is 3.66. The van der Waals surface area contributed by atoms with Crippen LogP contribution in [0.1, 0.15) is 17.4 Å². The van der Waals surface area contributed by atoms with E-state index in [9.17, 15) is 4.79 Å². The van der Waals surface area contributed by atoms with Crippen LogP contribution in [0.15, 0.2) is 46.9 Å². The summed E-state index contributed by atoms with van der Waals surface area (Å²) in [4.78, 5) is 21.5. The molecule has 0 fully saturated rings. The lowest BCUT2D eigenvalue weighted by Gasteiger charge is -2.27. The third-order valence-electron chi connectivity index (χ3n) is 3.96. The van der Waals surface area contributed by atoms with Gasteiger partial charge >= 0.3 is 5.97 Å². The maximum atomic E-state index is 12.5. The van der Waals surface area contributed by atoms with Gasteiger partial charge in [-0.1, -0.05) is 45.2 Å². The SMILES string of the molecule is COC(=O)C1=C(CBr)NC(c2nccn2C)=NC1c1ccc(Cl)cc1Cl. The van der Waals surface area contributed by atoms with Gasteiger partial charge in [0.2, 0.25) is 0 Å². The number of nitrogens with zero attached hydrogens (tertiary/aromatic N) is 3. The number of allylic oxidation sites excluding steroid dienone is 1. The van der Waals surface area contributed by atoms with Gasteiger partial charge in [0, 0.05) is 46.1 Å². The number of rotatable bonds is 4. The van der Waals surface area contributed by atoms with Crippen molar-refractivity contribution in [3.05, 3.63) is 63.3 Å². The summed E-state index contributed by atoms with van der Waals surface area (Å²) >= 11 is 15.8. The summed E-state index contributed by atoms with van der Waals surface area (Å²) < 4.78 is 6.80. The number of nitrogens with one attached hydrogen (secondary N) is 1. The Kier molecular flexibility index (Phi) is 5.70. The van der Waals surface area contributed by atoms with Crippen LogP contribution in [0.25, 0.3) is 0 Å². The number of aryl methyl sites for hydroxylation is 1. The molecule has 6 nitrogen and oxygen atoms in total. The quantitative estimate of drug-likeness (QED) is 0.562. The number of ether oxygens (including phenoxy) is 1. The summed E-state index contributed by atoms with van der Waals surface area (Å²) in [5.74, 6) is 0.698. The van der Waals surface area contributed by atoms with Crippen molar-refractivity contribution in [3.8, 4) is 0 Å². The highest BCUT2D eigenvalue weighted by Gasteiger charge is 2.33. The Bertz CT molecular complexity index is 923. The number of methoxy groups -OCH3 is 1. The van der Waals surface area contributed by atoms with E-state index in [0.29, 0.717) is 43.9 Å². The second-order valence-corrected chi connectivity index (χ2v) is 6.95. The van der Waals surface area contributed by atoms with Crippen molar-refractivity contribution in [3.63, 3.8) is 0 Å². The number of imidazole rings is 1. The molecule has 1 aliphatic heterocycles. The summed E-state index contributed by atoms with van der Waals surface area (Å²) in [7, 11) is 3.20. The lowest BCUT2D eigenvalue weighted by Crippen LogP contribution is -2.35. The van der Waals surface area contributed by atoms with Gasteiger partial charge in [0.25, 0.3) is 0 Å². The zero-order chi connectivity index (χ0) is 18.8. The minimum atomic E-state index is -0.646. The maximum Gasteiger partial charge on any atom is 0.338 e. The maximum absolute atomic E-state index is 12.5. The van der Waals surface area contributed by atoms with Gasteiger partial charge in [-0.3, -0.25) is 4.99 Å². The topological polar surface area (TPSA) is 68.5 Å². The molecule has 1 atom stereocenters. The van der Waals surface area contributed by atoms with Gasteiger partial charge < -0.3 is 14.6 Å². The van der Waals surface area contributed by atoms with Crippen molar-refractivity contribution < 1.29 is 9.53 Å². The number of aliphatic imine (C=N–C) groups is 1. The summed E-state index contributed by atoms with van der Waals surface area (Å²) in [6.07, 6.45) is 3.49. The van der Waals surface area contributed by atoms with E-state index < -0.39 is 12.0 Å². The number of carbonyl (C=O) groups excluding carboxylic acids is 1. The van der Waals surface area contributed by atoms with Gasteiger partial charge in [-0.25, -0.2) is 9.78 Å². The summed E-state index contributed by atoms with van der Waals surface area (Å²) in [5.41, 5.74) is 1.68. The zero-order valence-electron chi connectivity index (χ0n) is 14.0. The van der Waals surface area contributed by atoms with E-state index in [0.717, 1.165) is 0 Å². The second-order valence-electron chi connectivity index (χ2n) is 5.55. The van der Waals surface area contributed by atoms with Gasteiger partial charge in [0.05, 0.1) is 12.7 Å². The molecule has 1 aromatic carbocycles. The monoisotopic (exact) mass is 456 g/mol. The zero-order valence-corrected chi connectivity index (χ0v) is 17.1. The van der Waals surface area contributed by atoms with Crippen LogP contribution < -0.4 is 5.32 Å². The normalized spacial score (nSPS) is 17.0. The van der Waals surface area contributed by atoms with Crippen molar-refractivity contribution in [2.45, 2.75) is 6.04 Å². The molecule has 0 aliphatic carbocycles. The number of hydrogen-bond acceptors (Lipinski definition) is 5. The van der Waals surface area contributed by atoms with E-state index in [4.69, 9.17) is 32.9 Å². The molecule has 1 aliphatic rings. The molecule has 0 saturated heterocycles. The van der Waals surface area contributed by atoms with E-state index in [2.05, 4.69) is 26.2 Å². The van der Waals surface area contributed by atoms with E-state index >= 15 is 0 Å². The Labute approximate surface area is 169 Å². The Morgan fingerprint density at radius 2 is 2.19 bits per heavy atom. The first kappa shape index (κ1) is 18.9. The van der Waals surface area contributed by atoms with Crippen molar-refractivity contribution in [1.29, 1.82) is 0 Å². The molecule has 1 unspecified atom stereocenters. The van der Waals surface area contributed by atoms with Crippen LogP contribution in [0.2, 0.25) is 10.0 Å². The first-order valence-electron chi connectivity index (χ1n) is 7.61. The number of amidine groups is 1. The number of halogens is 3. The third kappa shape index (κ3) is 3.51. The Hall–Kier alpha value is -1.83. The molecule has 0 spiro atoms. The lowest BCUT2D eigenvalue weighted by molar-refractivity contribution is -0.136. The highest BCUT2D eigenvalue weighted by Crippen LogP contribution is 2.37. The van der Waals surface area contributed by atoms with Gasteiger partial charge in [0.1, 0.15) is 6.04 Å². The van der Waals surface area contributed by atoms with Crippen LogP contribution in [0.3, 0.4) is 0 Å². The molecule has 3 rings (SSSR count). The first-order valence-corrected chi connectivity index (χ1v) is 9.48. The average molecular weight is 458 g/mol. The fourth-order valence-electron chi connectivity index (χ4n) is 2.71. The van der Waals surface area contributed by atoms with Crippen LogP contribution in [-0.4, -0.2) is 33.8 Å². The van der Waals surface area contributed by atoms with Crippen molar-refractivity contribution in [1.82, 2.24) is 14.9 Å². The van der Waals surface area contributed by atoms with Crippen LogP contribution in [0, 0.1) is 0 Å². The molecule has 0 radical (unpaired) electrons. The molecule has 26 heavy (non-hydrogen) atoms. The predicted octanol–water partition coefficient (Wildman–Crippen LogP) is 3.64. The summed E-state index contributed by atoms with van der Waals surface area (Å²) in [5, 5.41) is 4.50. The average Bonchev–Trinajstić information content (AvgIpc) is 3.06. The van der Waals surface area contributed by atoms with Gasteiger partial charge in [-0.2, -0.15) is 0 Å². The molecule has 0 amide bonds. The van der Waals surface area contributed by atoms with E-state index in [1.54, 1.807) is 24.4 Å². The molecule has 0 bridgehead atoms. The van der Waals surface area contributed by atoms with Crippen LogP contribution in [-0.2, 0) is 16.6 Å². The van der Waals surface area contributed by atoms with Crippen molar-refractivity contribution in [2.75, 3.05) is 12.4 Å². The summed E-state index contributed by atoms with van der Waals surface area (Å²) in [6.45, 7) is 0. The number of aromatic nitrogens is 2. The van der Waals surface area contributed by atoms with E-state index in [1.807, 2.05) is 17.8 Å². The van der Waals surface area contributed by atoms with Gasteiger partial charge in [-0.15, -0.1) is 0 Å². The van der Waals surface area contributed by atoms with E-state index in [-0.39, 0.29) is 0 Å². The minimum absolute atomic E-state index is 0.381. The number of carbonyl (C=O) groups is 1. The number of hydrogen-bond donors (Lipinski definition) is 1. The Morgan fingerprint density at radius 3 is 2.77 bits per heavy atom. The number of esters is 1. The highest BCUT2D eigenvalue weighted by molar-refractivity contribution is 9.09. The third-order valence-corrected chi connectivity index (χ3v) is 5.08. The number of alkyl halides is 1. The fraction of sp³-hybridized carbons (Fsp3) is 0.235. The van der Waals surface area contributed by atoms with Crippen LogP contribution in [0.5, 0.6) is 0 Å². The van der Waals surface area contributed by atoms with Gasteiger partial charge in [-0.05, 0) is 12.1 Å². The Morgan fingerprint density at radius 1 is 1.42 bits per heavy atom. The first-order chi connectivity index (χ1) is 12.5. The molecular formula is C17H15BrCl2N4O2. The van der Waals surface area contributed by atoms with Crippen LogP contribution in [0.4, 0.5) is 0 Å². The largest absolute Gasteiger partial charge is 0.466 e. The molecule has 1 aromatic heterocycles. The van der Waals surface area contributed by atoms with Gasteiger partial charge in [0.15, 0.2) is 11.7 Å². The van der Waals surface area contributed by atoms with Crippen molar-refractivity contribution in [2.24, 2.45) is 12.0 Å². The second kappa shape index (κ2) is 7.82. The molecular weight excluding hydrogens is 443 g/mol. The lowest BCUT2D eigenvalue weighted by atomic mass is 9.96. The molecule has 2 heterocycles. The van der Waals surface area contributed by atoms with Crippen molar-refractivity contribution >= 4 is 50.9 Å². The standard InChI is InChI=1S/C17H15BrCl2N4O2/c1-24-6-5-21-16(24)15-22-12(8-18)13(17(25)26-2)14(23-15)10-4-3-9(19)7-11(10)20/h3-7,14H,8H2,1-2H3,(H,22,23). The molecule has 9 heteroatoms. The smallest absolute Gasteiger partial charge is 0.338 e. The predicted molar refractivity (Wildman–Crippen MR) is 105 cm³/mol. The molecule has 0 saturated carbocycles. The molecule has 1 N–H and O–H groups in total. The van der Waals surface area contributed by atoms with Crippen LogP contribution >= 0.6 is 39.1 Å². The number of benzene rings is 1. The summed E-state index contributed by atoms with van der Waals surface area (Å²) in [6, 6.07) is 4.45. The molecule has 2 aromatic rings.